The highest BCUT2D eigenvalue weighted by molar-refractivity contribution is 7.92. The molecule has 0 bridgehead atoms. The third kappa shape index (κ3) is 7.93. The molecule has 0 saturated carbocycles. The molecule has 0 spiro atoms. The van der Waals surface area contributed by atoms with Gasteiger partial charge in [-0.2, -0.15) is 9.97 Å². The third-order valence-electron chi connectivity index (χ3n) is 8.18. The van der Waals surface area contributed by atoms with Crippen molar-refractivity contribution in [1.82, 2.24) is 25.2 Å². The molecule has 12 nitrogen and oxygen atoms in total. The lowest BCUT2D eigenvalue weighted by Crippen LogP contribution is -2.38. The van der Waals surface area contributed by atoms with E-state index >= 15 is 0 Å². The number of fused-ring (bicyclic) bond motifs is 1. The molecule has 13 heteroatoms. The van der Waals surface area contributed by atoms with E-state index in [0.29, 0.717) is 47.4 Å². The molecular formula is C35H40N8O4S. The summed E-state index contributed by atoms with van der Waals surface area (Å²) in [6.45, 7) is 7.16. The number of para-hydroxylation sites is 2. The number of aromatic amines is 1. The Labute approximate surface area is 280 Å². The number of carbonyl (C=O) groups is 1. The number of ether oxygens (including phenoxy) is 1. The largest absolute Gasteiger partial charge is 0.379 e. The molecule has 0 radical (unpaired) electrons. The maximum atomic E-state index is 13.1. The molecule has 1 fully saturated rings. The van der Waals surface area contributed by atoms with Crippen molar-refractivity contribution >= 4 is 55.8 Å². The molecule has 4 N–H and O–H groups in total. The van der Waals surface area contributed by atoms with Gasteiger partial charge in [-0.3, -0.25) is 9.69 Å². The van der Waals surface area contributed by atoms with Crippen molar-refractivity contribution in [3.8, 4) is 0 Å². The minimum Gasteiger partial charge on any atom is -0.379 e. The number of hydrogen-bond donors (Lipinski definition) is 4. The van der Waals surface area contributed by atoms with Crippen LogP contribution < -0.4 is 20.3 Å². The van der Waals surface area contributed by atoms with Gasteiger partial charge in [-0.1, -0.05) is 36.4 Å². The van der Waals surface area contributed by atoms with E-state index < -0.39 is 10.0 Å². The summed E-state index contributed by atoms with van der Waals surface area (Å²) < 4.78 is 32.9. The van der Waals surface area contributed by atoms with Crippen LogP contribution in [0.4, 0.5) is 28.8 Å². The first kappa shape index (κ1) is 32.9. The van der Waals surface area contributed by atoms with Crippen LogP contribution in [-0.4, -0.2) is 79.8 Å². The fraction of sp³-hybridized carbons (Fsp3) is 0.286. The number of carbonyl (C=O) groups excluding carboxylic acids is 1. The fourth-order valence-corrected chi connectivity index (χ4v) is 6.81. The zero-order valence-electron chi connectivity index (χ0n) is 27.1. The second-order valence-corrected chi connectivity index (χ2v) is 13.5. The van der Waals surface area contributed by atoms with Gasteiger partial charge in [0.1, 0.15) is 11.5 Å². The number of H-pyrrole nitrogens is 1. The lowest BCUT2D eigenvalue weighted by Gasteiger charge is -2.26. The molecule has 1 amide bonds. The molecule has 3 heterocycles. The van der Waals surface area contributed by atoms with Crippen molar-refractivity contribution in [1.29, 1.82) is 0 Å². The minimum absolute atomic E-state index is 0.115. The Kier molecular flexibility index (Phi) is 10.2. The lowest BCUT2D eigenvalue weighted by molar-refractivity contribution is 0.0374. The predicted molar refractivity (Wildman–Crippen MR) is 190 cm³/mol. The van der Waals surface area contributed by atoms with E-state index in [0.717, 1.165) is 61.5 Å². The number of aryl methyl sites for hydroxylation is 1. The van der Waals surface area contributed by atoms with E-state index in [4.69, 9.17) is 9.72 Å². The first-order valence-corrected chi connectivity index (χ1v) is 17.8. The van der Waals surface area contributed by atoms with Crippen molar-refractivity contribution in [2.75, 3.05) is 60.6 Å². The van der Waals surface area contributed by atoms with Gasteiger partial charge >= 0.3 is 0 Å². The molecule has 250 valence electrons. The van der Waals surface area contributed by atoms with Crippen LogP contribution in [-0.2, 0) is 21.3 Å². The smallest absolute Gasteiger partial charge is 0.251 e. The summed E-state index contributed by atoms with van der Waals surface area (Å²) in [6, 6.07) is 23.9. The number of sulfonamides is 1. The summed E-state index contributed by atoms with van der Waals surface area (Å²) in [5.41, 5.74) is 4.71. The Balaban J connectivity index is 1.14. The van der Waals surface area contributed by atoms with Gasteiger partial charge in [-0.15, -0.1) is 0 Å². The number of aromatic nitrogens is 3. The van der Waals surface area contributed by atoms with E-state index in [9.17, 15) is 13.2 Å². The Morgan fingerprint density at radius 3 is 2.44 bits per heavy atom. The van der Waals surface area contributed by atoms with E-state index in [1.807, 2.05) is 61.5 Å². The highest BCUT2D eigenvalue weighted by Gasteiger charge is 2.24. The zero-order chi connectivity index (χ0) is 33.5. The van der Waals surface area contributed by atoms with Crippen LogP contribution in [0, 0.1) is 6.92 Å². The Hall–Kier alpha value is -4.98. The Bertz CT molecular complexity index is 1970. The number of nitrogens with one attached hydrogen (secondary N) is 4. The molecule has 5 aromatic rings. The van der Waals surface area contributed by atoms with Crippen molar-refractivity contribution in [2.45, 2.75) is 19.9 Å². The van der Waals surface area contributed by atoms with Gasteiger partial charge in [0.25, 0.3) is 5.91 Å². The van der Waals surface area contributed by atoms with Crippen LogP contribution in [0.1, 0.15) is 27.9 Å². The molecule has 6 rings (SSSR count). The van der Waals surface area contributed by atoms with Gasteiger partial charge < -0.3 is 25.7 Å². The van der Waals surface area contributed by atoms with Crippen molar-refractivity contribution < 1.29 is 17.9 Å². The van der Waals surface area contributed by atoms with Crippen molar-refractivity contribution in [3.05, 3.63) is 102 Å². The minimum atomic E-state index is -3.65. The van der Waals surface area contributed by atoms with Gasteiger partial charge in [-0.05, 0) is 73.5 Å². The average molecular weight is 669 g/mol. The second kappa shape index (κ2) is 14.8. The quantitative estimate of drug-likeness (QED) is 0.125. The second-order valence-electron chi connectivity index (χ2n) is 11.7. The SMILES string of the molecule is Cc1ccccc1N(c1ccccc1CNc1nc(Nc2ccc(C(=O)NCCCN3CCOCC3)cc2)nc2[nH]ccc12)S(C)(=O)=O. The van der Waals surface area contributed by atoms with Gasteiger partial charge in [0, 0.05) is 43.6 Å². The number of rotatable bonds is 13. The molecule has 0 atom stereocenters. The molecule has 0 unspecified atom stereocenters. The molecule has 2 aromatic heterocycles. The monoisotopic (exact) mass is 668 g/mol. The van der Waals surface area contributed by atoms with Gasteiger partial charge in [0.15, 0.2) is 0 Å². The van der Waals surface area contributed by atoms with E-state index in [-0.39, 0.29) is 5.91 Å². The average Bonchev–Trinajstić information content (AvgIpc) is 3.56. The topological polar surface area (TPSA) is 145 Å². The van der Waals surface area contributed by atoms with Crippen molar-refractivity contribution in [2.24, 2.45) is 0 Å². The maximum Gasteiger partial charge on any atom is 0.251 e. The third-order valence-corrected chi connectivity index (χ3v) is 9.24. The standard InChI is InChI=1S/C35H40N8O4S/c1-25-8-3-5-10-30(25)43(48(2,45)46)31-11-6-4-9-27(31)24-38-33-29-16-18-36-32(29)40-35(41-33)39-28-14-12-26(13-15-28)34(44)37-17-7-19-42-20-22-47-23-21-42/h3-6,8-16,18H,7,17,19-24H2,1-2H3,(H,37,44)(H3,36,38,39,40,41). The predicted octanol–water partition coefficient (Wildman–Crippen LogP) is 5.17. The van der Waals surface area contributed by atoms with Crippen LogP contribution in [0.15, 0.2) is 85.1 Å². The van der Waals surface area contributed by atoms with Crippen LogP contribution in [0.5, 0.6) is 0 Å². The van der Waals surface area contributed by atoms with Crippen LogP contribution >= 0.6 is 0 Å². The summed E-state index contributed by atoms with van der Waals surface area (Å²) in [4.78, 5) is 27.6. The normalized spacial score (nSPS) is 13.7. The molecule has 0 aliphatic carbocycles. The lowest BCUT2D eigenvalue weighted by atomic mass is 10.1. The van der Waals surface area contributed by atoms with Crippen molar-refractivity contribution in [3.63, 3.8) is 0 Å². The highest BCUT2D eigenvalue weighted by atomic mass is 32.2. The van der Waals surface area contributed by atoms with Gasteiger partial charge in [0.05, 0.1) is 36.2 Å². The van der Waals surface area contributed by atoms with Crippen LogP contribution in [0.3, 0.4) is 0 Å². The molecule has 1 aliphatic heterocycles. The van der Waals surface area contributed by atoms with E-state index in [2.05, 4.69) is 30.8 Å². The van der Waals surface area contributed by atoms with Crippen LogP contribution in [0.2, 0.25) is 0 Å². The highest BCUT2D eigenvalue weighted by Crippen LogP contribution is 2.34. The zero-order valence-corrected chi connectivity index (χ0v) is 27.9. The summed E-state index contributed by atoms with van der Waals surface area (Å²) in [7, 11) is -3.65. The van der Waals surface area contributed by atoms with E-state index in [1.54, 1.807) is 30.5 Å². The van der Waals surface area contributed by atoms with Gasteiger partial charge in [-0.25, -0.2) is 12.7 Å². The number of anilines is 5. The molecular weight excluding hydrogens is 629 g/mol. The summed E-state index contributed by atoms with van der Waals surface area (Å²) in [6.07, 6.45) is 3.89. The summed E-state index contributed by atoms with van der Waals surface area (Å²) >= 11 is 0. The Morgan fingerprint density at radius 1 is 0.958 bits per heavy atom. The number of amides is 1. The molecule has 1 aliphatic rings. The van der Waals surface area contributed by atoms with Gasteiger partial charge in [0.2, 0.25) is 16.0 Å². The molecule has 3 aromatic carbocycles. The fourth-order valence-electron chi connectivity index (χ4n) is 5.71. The van der Waals surface area contributed by atoms with E-state index in [1.165, 1.54) is 10.6 Å². The first-order valence-electron chi connectivity index (χ1n) is 15.9. The number of morpholine rings is 1. The number of nitrogens with zero attached hydrogens (tertiary/aromatic N) is 4. The molecule has 48 heavy (non-hydrogen) atoms. The van der Waals surface area contributed by atoms with Crippen LogP contribution in [0.25, 0.3) is 11.0 Å². The Morgan fingerprint density at radius 2 is 1.69 bits per heavy atom. The molecule has 1 saturated heterocycles. The first-order chi connectivity index (χ1) is 23.3. The maximum absolute atomic E-state index is 13.1. The summed E-state index contributed by atoms with van der Waals surface area (Å²) in [5.74, 6) is 0.823. The number of hydrogen-bond acceptors (Lipinski definition) is 9. The number of benzene rings is 3. The summed E-state index contributed by atoms with van der Waals surface area (Å²) in [5, 5.41) is 10.4.